The molecule has 31 heavy (non-hydrogen) atoms. The van der Waals surface area contributed by atoms with Gasteiger partial charge in [-0.2, -0.15) is 4.31 Å². The number of methoxy groups -OCH3 is 2. The Balaban J connectivity index is 1.73. The van der Waals surface area contributed by atoms with Gasteiger partial charge >= 0.3 is 0 Å². The standard InChI is InChI=1S/C21H29N3O5S2/c1-14-18(30-20(22-14)21(2,3)4)19(25)23-9-11-24(12-10-23)31(26,27)15-7-8-16(28-5)17(13-15)29-6/h7-8,13H,9-12H2,1-6H3. The smallest absolute Gasteiger partial charge is 0.265 e. The number of nitrogens with zero attached hydrogens (tertiary/aromatic N) is 3. The maximum Gasteiger partial charge on any atom is 0.265 e. The van der Waals surface area contributed by atoms with E-state index in [-0.39, 0.29) is 29.3 Å². The van der Waals surface area contributed by atoms with Gasteiger partial charge in [-0.15, -0.1) is 11.3 Å². The highest BCUT2D eigenvalue weighted by Crippen LogP contribution is 2.32. The molecule has 170 valence electrons. The van der Waals surface area contributed by atoms with Gasteiger partial charge in [-0.05, 0) is 19.1 Å². The zero-order valence-electron chi connectivity index (χ0n) is 18.8. The van der Waals surface area contributed by atoms with E-state index in [2.05, 4.69) is 25.8 Å². The number of benzene rings is 1. The maximum atomic E-state index is 13.1. The summed E-state index contributed by atoms with van der Waals surface area (Å²) in [5.41, 5.74) is 0.598. The minimum absolute atomic E-state index is 0.0892. The third-order valence-corrected chi connectivity index (χ3v) is 8.62. The number of rotatable bonds is 5. The quantitative estimate of drug-likeness (QED) is 0.672. The van der Waals surface area contributed by atoms with Gasteiger partial charge in [0.05, 0.1) is 29.8 Å². The van der Waals surface area contributed by atoms with E-state index in [9.17, 15) is 13.2 Å². The van der Waals surface area contributed by atoms with E-state index in [1.807, 2.05) is 6.92 Å². The van der Waals surface area contributed by atoms with Gasteiger partial charge < -0.3 is 14.4 Å². The van der Waals surface area contributed by atoms with Crippen LogP contribution < -0.4 is 9.47 Å². The highest BCUT2D eigenvalue weighted by molar-refractivity contribution is 7.89. The lowest BCUT2D eigenvalue weighted by molar-refractivity contribution is 0.0702. The second kappa shape index (κ2) is 8.76. The molecule has 3 rings (SSSR count). The molecule has 0 unspecified atom stereocenters. The predicted octanol–water partition coefficient (Wildman–Crippen LogP) is 2.91. The average molecular weight is 468 g/mol. The molecule has 1 aromatic heterocycles. The molecule has 0 aliphatic carbocycles. The van der Waals surface area contributed by atoms with Crippen molar-refractivity contribution < 1.29 is 22.7 Å². The molecule has 0 spiro atoms. The third kappa shape index (κ3) is 4.70. The molecule has 1 saturated heterocycles. The van der Waals surface area contributed by atoms with Crippen LogP contribution in [-0.2, 0) is 15.4 Å². The lowest BCUT2D eigenvalue weighted by atomic mass is 9.98. The van der Waals surface area contributed by atoms with Crippen molar-refractivity contribution in [2.24, 2.45) is 0 Å². The topological polar surface area (TPSA) is 89.0 Å². The molecule has 1 aromatic carbocycles. The summed E-state index contributed by atoms with van der Waals surface area (Å²) < 4.78 is 38.0. The SMILES string of the molecule is COc1ccc(S(=O)(=O)N2CCN(C(=O)c3sc(C(C)(C)C)nc3C)CC2)cc1OC. The van der Waals surface area contributed by atoms with Crippen LogP contribution in [0.2, 0.25) is 0 Å². The Kier molecular flexibility index (Phi) is 6.64. The monoisotopic (exact) mass is 467 g/mol. The Bertz CT molecular complexity index is 1070. The number of carbonyl (C=O) groups is 1. The molecule has 1 amide bonds. The molecular weight excluding hydrogens is 438 g/mol. The van der Waals surface area contributed by atoms with Gasteiger partial charge in [0.1, 0.15) is 4.88 Å². The van der Waals surface area contributed by atoms with Crippen molar-refractivity contribution >= 4 is 27.3 Å². The summed E-state index contributed by atoms with van der Waals surface area (Å²) in [7, 11) is -0.746. The highest BCUT2D eigenvalue weighted by Gasteiger charge is 2.33. The Morgan fingerprint density at radius 2 is 1.68 bits per heavy atom. The van der Waals surface area contributed by atoms with E-state index in [1.165, 1.54) is 42.0 Å². The first-order valence-electron chi connectivity index (χ1n) is 9.98. The summed E-state index contributed by atoms with van der Waals surface area (Å²) in [5, 5.41) is 0.919. The normalized spacial score (nSPS) is 15.7. The van der Waals surface area contributed by atoms with Crippen LogP contribution in [0.15, 0.2) is 23.1 Å². The van der Waals surface area contributed by atoms with Crippen molar-refractivity contribution in [3.05, 3.63) is 33.8 Å². The zero-order chi connectivity index (χ0) is 23.0. The van der Waals surface area contributed by atoms with Crippen molar-refractivity contribution in [3.63, 3.8) is 0 Å². The minimum atomic E-state index is -3.71. The molecule has 2 heterocycles. The van der Waals surface area contributed by atoms with Crippen molar-refractivity contribution in [2.45, 2.75) is 38.0 Å². The van der Waals surface area contributed by atoms with E-state index >= 15 is 0 Å². The number of sulfonamides is 1. The first kappa shape index (κ1) is 23.5. The Labute approximate surface area is 187 Å². The fraction of sp³-hybridized carbons (Fsp3) is 0.524. The van der Waals surface area contributed by atoms with Gasteiger partial charge in [0.15, 0.2) is 11.5 Å². The van der Waals surface area contributed by atoms with Crippen LogP contribution in [0.1, 0.15) is 41.1 Å². The van der Waals surface area contributed by atoms with E-state index in [4.69, 9.17) is 9.47 Å². The summed E-state index contributed by atoms with van der Waals surface area (Å²) >= 11 is 1.42. The highest BCUT2D eigenvalue weighted by atomic mass is 32.2. The Morgan fingerprint density at radius 3 is 2.19 bits per heavy atom. The molecule has 0 radical (unpaired) electrons. The van der Waals surface area contributed by atoms with Crippen LogP contribution in [-0.4, -0.2) is 68.9 Å². The molecule has 0 bridgehead atoms. The number of hydrogen-bond donors (Lipinski definition) is 0. The number of ether oxygens (including phenoxy) is 2. The fourth-order valence-corrected chi connectivity index (χ4v) is 5.85. The molecule has 10 heteroatoms. The second-order valence-electron chi connectivity index (χ2n) is 8.40. The van der Waals surface area contributed by atoms with Crippen LogP contribution in [0.5, 0.6) is 11.5 Å². The molecule has 0 saturated carbocycles. The summed E-state index contributed by atoms with van der Waals surface area (Å²) in [6, 6.07) is 4.54. The Morgan fingerprint density at radius 1 is 1.06 bits per heavy atom. The number of aromatic nitrogens is 1. The number of thiazole rings is 1. The number of carbonyl (C=O) groups excluding carboxylic acids is 1. The van der Waals surface area contributed by atoms with E-state index < -0.39 is 10.0 Å². The molecule has 1 fully saturated rings. The lowest BCUT2D eigenvalue weighted by Gasteiger charge is -2.34. The largest absolute Gasteiger partial charge is 0.493 e. The number of amides is 1. The summed E-state index contributed by atoms with van der Waals surface area (Å²) in [6.07, 6.45) is 0. The molecule has 0 N–H and O–H groups in total. The first-order valence-corrected chi connectivity index (χ1v) is 12.2. The molecule has 1 aliphatic rings. The van der Waals surface area contributed by atoms with Gasteiger partial charge in [0, 0.05) is 37.7 Å². The van der Waals surface area contributed by atoms with Gasteiger partial charge in [0.2, 0.25) is 10.0 Å². The van der Waals surface area contributed by atoms with Gasteiger partial charge in [-0.1, -0.05) is 20.8 Å². The number of piperazine rings is 1. The average Bonchev–Trinajstić information content (AvgIpc) is 3.14. The van der Waals surface area contributed by atoms with Gasteiger partial charge in [-0.25, -0.2) is 13.4 Å². The van der Waals surface area contributed by atoms with Crippen molar-refractivity contribution in [1.29, 1.82) is 0 Å². The van der Waals surface area contributed by atoms with E-state index in [1.54, 1.807) is 11.0 Å². The van der Waals surface area contributed by atoms with E-state index in [0.29, 0.717) is 29.5 Å². The fourth-order valence-electron chi connectivity index (χ4n) is 3.32. The third-order valence-electron chi connectivity index (χ3n) is 5.15. The summed E-state index contributed by atoms with van der Waals surface area (Å²) in [5.74, 6) is 0.729. The first-order chi connectivity index (χ1) is 14.5. The summed E-state index contributed by atoms with van der Waals surface area (Å²) in [6.45, 7) is 9.16. The van der Waals surface area contributed by atoms with Gasteiger partial charge in [0.25, 0.3) is 5.91 Å². The number of hydrogen-bond acceptors (Lipinski definition) is 7. The van der Waals surface area contributed by atoms with Crippen LogP contribution in [0.3, 0.4) is 0 Å². The molecular formula is C21H29N3O5S2. The predicted molar refractivity (Wildman–Crippen MR) is 120 cm³/mol. The molecule has 8 nitrogen and oxygen atoms in total. The summed E-state index contributed by atoms with van der Waals surface area (Å²) in [4.78, 5) is 20.1. The zero-order valence-corrected chi connectivity index (χ0v) is 20.4. The van der Waals surface area contributed by atoms with Crippen LogP contribution in [0, 0.1) is 6.92 Å². The molecule has 2 aromatic rings. The van der Waals surface area contributed by atoms with Crippen LogP contribution in [0.25, 0.3) is 0 Å². The lowest BCUT2D eigenvalue weighted by Crippen LogP contribution is -2.50. The Hall–Kier alpha value is -2.17. The number of aryl methyl sites for hydroxylation is 1. The van der Waals surface area contributed by atoms with Crippen molar-refractivity contribution in [1.82, 2.24) is 14.2 Å². The van der Waals surface area contributed by atoms with Crippen LogP contribution in [0.4, 0.5) is 0 Å². The van der Waals surface area contributed by atoms with Crippen molar-refractivity contribution in [2.75, 3.05) is 40.4 Å². The van der Waals surface area contributed by atoms with Crippen LogP contribution >= 0.6 is 11.3 Å². The molecule has 1 aliphatic heterocycles. The second-order valence-corrected chi connectivity index (χ2v) is 11.3. The van der Waals surface area contributed by atoms with Gasteiger partial charge in [-0.3, -0.25) is 4.79 Å². The maximum absolute atomic E-state index is 13.1. The minimum Gasteiger partial charge on any atom is -0.493 e. The van der Waals surface area contributed by atoms with E-state index in [0.717, 1.165) is 10.7 Å². The molecule has 0 atom stereocenters. The van der Waals surface area contributed by atoms with Crippen molar-refractivity contribution in [3.8, 4) is 11.5 Å².